The molecule has 0 heterocycles. The fraction of sp³-hybridized carbons (Fsp3) is 0.455. The van der Waals surface area contributed by atoms with Gasteiger partial charge in [0.2, 0.25) is 10.0 Å². The molecule has 0 spiro atoms. The average Bonchev–Trinajstić information content (AvgIpc) is 2.10. The molecular weight excluding hydrogens is 290 g/mol. The molecule has 1 saturated carbocycles. The van der Waals surface area contributed by atoms with Gasteiger partial charge < -0.3 is 0 Å². The highest BCUT2D eigenvalue weighted by Gasteiger charge is 2.40. The van der Waals surface area contributed by atoms with Crippen molar-refractivity contribution in [1.29, 1.82) is 0 Å². The van der Waals surface area contributed by atoms with Crippen LogP contribution in [0, 0.1) is 0 Å². The van der Waals surface area contributed by atoms with Gasteiger partial charge in [-0.25, -0.2) is 13.1 Å². The van der Waals surface area contributed by atoms with Crippen LogP contribution in [0.15, 0.2) is 28.7 Å². The van der Waals surface area contributed by atoms with Crippen molar-refractivity contribution in [3.05, 3.63) is 34.3 Å². The highest BCUT2D eigenvalue weighted by Crippen LogP contribution is 2.42. The quantitative estimate of drug-likeness (QED) is 0.932. The summed E-state index contributed by atoms with van der Waals surface area (Å²) in [5.41, 5.74) is 0.663. The van der Waals surface area contributed by atoms with Gasteiger partial charge in [-0.2, -0.15) is 0 Å². The fourth-order valence-electron chi connectivity index (χ4n) is 2.12. The maximum Gasteiger partial charge on any atom is 0.209 e. The zero-order chi connectivity index (χ0) is 11.8. The van der Waals surface area contributed by atoms with E-state index in [0.717, 1.165) is 29.3 Å². The van der Waals surface area contributed by atoms with E-state index in [-0.39, 0.29) is 5.54 Å². The molecule has 0 aliphatic heterocycles. The maximum atomic E-state index is 11.4. The van der Waals surface area contributed by atoms with Gasteiger partial charge in [-0.15, -0.1) is 0 Å². The van der Waals surface area contributed by atoms with E-state index in [4.69, 9.17) is 0 Å². The second-order valence-electron chi connectivity index (χ2n) is 4.32. The van der Waals surface area contributed by atoms with E-state index in [1.165, 1.54) is 6.26 Å². The van der Waals surface area contributed by atoms with Crippen molar-refractivity contribution in [3.63, 3.8) is 0 Å². The predicted molar refractivity (Wildman–Crippen MR) is 67.7 cm³/mol. The van der Waals surface area contributed by atoms with E-state index >= 15 is 0 Å². The van der Waals surface area contributed by atoms with Crippen LogP contribution in [0.5, 0.6) is 0 Å². The Balaban J connectivity index is 2.35. The summed E-state index contributed by atoms with van der Waals surface area (Å²) in [5.74, 6) is 0. The monoisotopic (exact) mass is 303 g/mol. The Hall–Kier alpha value is -0.390. The first-order valence-corrected chi connectivity index (χ1v) is 7.85. The Morgan fingerprint density at radius 1 is 1.38 bits per heavy atom. The standard InChI is InChI=1S/C11H14BrNO2S/c1-16(14,15)13-11(6-3-7-11)9-4-2-5-10(12)8-9/h2,4-5,8,13H,3,6-7H2,1H3. The van der Waals surface area contributed by atoms with Crippen molar-refractivity contribution in [2.24, 2.45) is 0 Å². The van der Waals surface area contributed by atoms with Crippen molar-refractivity contribution in [2.75, 3.05) is 6.26 Å². The van der Waals surface area contributed by atoms with Crippen molar-refractivity contribution in [3.8, 4) is 0 Å². The molecule has 1 aromatic carbocycles. The van der Waals surface area contributed by atoms with Crippen LogP contribution in [-0.2, 0) is 15.6 Å². The molecule has 0 radical (unpaired) electrons. The van der Waals surface area contributed by atoms with Gasteiger partial charge in [0.15, 0.2) is 0 Å². The lowest BCUT2D eigenvalue weighted by molar-refractivity contribution is 0.225. The molecule has 1 aliphatic carbocycles. The van der Waals surface area contributed by atoms with Crippen LogP contribution in [-0.4, -0.2) is 14.7 Å². The minimum Gasteiger partial charge on any atom is -0.213 e. The molecule has 2 rings (SSSR count). The SMILES string of the molecule is CS(=O)(=O)NC1(c2cccc(Br)c2)CCC1. The lowest BCUT2D eigenvalue weighted by Crippen LogP contribution is -2.50. The summed E-state index contributed by atoms with van der Waals surface area (Å²) in [6.07, 6.45) is 4.02. The zero-order valence-corrected chi connectivity index (χ0v) is 11.4. The van der Waals surface area contributed by atoms with Crippen LogP contribution in [0.2, 0.25) is 0 Å². The second kappa shape index (κ2) is 4.13. The molecule has 1 aromatic rings. The molecule has 88 valence electrons. The summed E-state index contributed by atoms with van der Waals surface area (Å²) in [7, 11) is -3.17. The van der Waals surface area contributed by atoms with Gasteiger partial charge in [-0.05, 0) is 37.0 Å². The van der Waals surface area contributed by atoms with Crippen LogP contribution in [0.4, 0.5) is 0 Å². The first-order valence-electron chi connectivity index (χ1n) is 5.16. The summed E-state index contributed by atoms with van der Waals surface area (Å²) in [4.78, 5) is 0. The molecule has 1 fully saturated rings. The summed E-state index contributed by atoms with van der Waals surface area (Å²) in [6.45, 7) is 0. The van der Waals surface area contributed by atoms with Crippen molar-refractivity contribution >= 4 is 26.0 Å². The normalized spacial score (nSPS) is 19.1. The molecule has 1 aliphatic rings. The number of hydrogen-bond donors (Lipinski definition) is 1. The molecule has 0 unspecified atom stereocenters. The second-order valence-corrected chi connectivity index (χ2v) is 6.98. The first kappa shape index (κ1) is 12.1. The molecule has 0 bridgehead atoms. The number of hydrogen-bond acceptors (Lipinski definition) is 2. The van der Waals surface area contributed by atoms with Gasteiger partial charge in [-0.3, -0.25) is 0 Å². The van der Waals surface area contributed by atoms with E-state index in [1.54, 1.807) is 0 Å². The highest BCUT2D eigenvalue weighted by atomic mass is 79.9. The third-order valence-electron chi connectivity index (χ3n) is 2.97. The highest BCUT2D eigenvalue weighted by molar-refractivity contribution is 9.10. The van der Waals surface area contributed by atoms with Gasteiger partial charge >= 0.3 is 0 Å². The van der Waals surface area contributed by atoms with E-state index in [9.17, 15) is 8.42 Å². The topological polar surface area (TPSA) is 46.2 Å². The van der Waals surface area contributed by atoms with Gasteiger partial charge in [0.1, 0.15) is 0 Å². The van der Waals surface area contributed by atoms with Crippen LogP contribution in [0.25, 0.3) is 0 Å². The van der Waals surface area contributed by atoms with Gasteiger partial charge in [0.05, 0.1) is 11.8 Å². The van der Waals surface area contributed by atoms with Crippen LogP contribution < -0.4 is 4.72 Å². The number of benzene rings is 1. The van der Waals surface area contributed by atoms with E-state index in [1.807, 2.05) is 24.3 Å². The molecule has 0 saturated heterocycles. The summed E-state index contributed by atoms with van der Waals surface area (Å²) >= 11 is 3.41. The molecule has 3 nitrogen and oxygen atoms in total. The Morgan fingerprint density at radius 2 is 2.06 bits per heavy atom. The summed E-state index contributed by atoms with van der Waals surface area (Å²) in [5, 5.41) is 0. The van der Waals surface area contributed by atoms with Crippen LogP contribution in [0.1, 0.15) is 24.8 Å². The third-order valence-corrected chi connectivity index (χ3v) is 4.22. The zero-order valence-electron chi connectivity index (χ0n) is 9.03. The lowest BCUT2D eigenvalue weighted by atomic mass is 9.73. The molecule has 0 atom stereocenters. The number of sulfonamides is 1. The van der Waals surface area contributed by atoms with E-state index in [0.29, 0.717) is 0 Å². The summed E-state index contributed by atoms with van der Waals surface area (Å²) < 4.78 is 26.5. The Labute approximate surface area is 104 Å². The van der Waals surface area contributed by atoms with Crippen LogP contribution >= 0.6 is 15.9 Å². The van der Waals surface area contributed by atoms with Crippen molar-refractivity contribution in [2.45, 2.75) is 24.8 Å². The van der Waals surface area contributed by atoms with E-state index < -0.39 is 10.0 Å². The van der Waals surface area contributed by atoms with Crippen molar-refractivity contribution < 1.29 is 8.42 Å². The number of halogens is 1. The van der Waals surface area contributed by atoms with Gasteiger partial charge in [0, 0.05) is 4.47 Å². The Morgan fingerprint density at radius 3 is 2.50 bits per heavy atom. The fourth-order valence-corrected chi connectivity index (χ4v) is 3.55. The van der Waals surface area contributed by atoms with Crippen molar-refractivity contribution in [1.82, 2.24) is 4.72 Å². The number of nitrogens with one attached hydrogen (secondary N) is 1. The molecule has 0 amide bonds. The minimum atomic E-state index is -3.17. The van der Waals surface area contributed by atoms with E-state index in [2.05, 4.69) is 20.7 Å². The molecular formula is C11H14BrNO2S. The molecule has 0 aromatic heterocycles. The first-order chi connectivity index (χ1) is 7.41. The van der Waals surface area contributed by atoms with Gasteiger partial charge in [-0.1, -0.05) is 28.1 Å². The molecule has 5 heteroatoms. The van der Waals surface area contributed by atoms with Gasteiger partial charge in [0.25, 0.3) is 0 Å². The number of rotatable bonds is 3. The summed E-state index contributed by atoms with van der Waals surface area (Å²) in [6, 6.07) is 7.83. The Kier molecular flexibility index (Phi) is 3.11. The largest absolute Gasteiger partial charge is 0.213 e. The smallest absolute Gasteiger partial charge is 0.209 e. The molecule has 1 N–H and O–H groups in total. The third kappa shape index (κ3) is 2.47. The molecule has 16 heavy (non-hydrogen) atoms. The lowest BCUT2D eigenvalue weighted by Gasteiger charge is -2.42. The Bertz CT molecular complexity index is 494. The predicted octanol–water partition coefficient (Wildman–Crippen LogP) is 2.38. The average molecular weight is 304 g/mol. The van der Waals surface area contributed by atoms with Crippen LogP contribution in [0.3, 0.4) is 0 Å². The minimum absolute atomic E-state index is 0.378. The maximum absolute atomic E-state index is 11.4.